The molecule has 0 atom stereocenters. The maximum absolute atomic E-state index is 12.8. The van der Waals surface area contributed by atoms with Crippen molar-refractivity contribution in [3.63, 3.8) is 0 Å². The molecule has 0 aliphatic carbocycles. The minimum atomic E-state index is -0.211. The molecule has 2 aromatic heterocycles. The van der Waals surface area contributed by atoms with Crippen LogP contribution in [0.5, 0.6) is 11.8 Å². The molecule has 3 rings (SSSR count). The lowest BCUT2D eigenvalue weighted by Gasteiger charge is -2.32. The molecule has 8 nitrogen and oxygen atoms in total. The first kappa shape index (κ1) is 17.9. The Morgan fingerprint density at radius 3 is 2.62 bits per heavy atom. The highest BCUT2D eigenvalue weighted by molar-refractivity contribution is 5.96. The molecule has 0 bridgehead atoms. The molecule has 1 aliphatic heterocycles. The highest BCUT2D eigenvalue weighted by Gasteiger charge is 2.26. The molecular formula is C18H22N4O4. The van der Waals surface area contributed by atoms with E-state index >= 15 is 0 Å². The van der Waals surface area contributed by atoms with Crippen molar-refractivity contribution in [2.75, 3.05) is 26.8 Å². The van der Waals surface area contributed by atoms with Gasteiger partial charge in [-0.2, -0.15) is 0 Å². The van der Waals surface area contributed by atoms with Gasteiger partial charge in [0.05, 0.1) is 19.3 Å². The van der Waals surface area contributed by atoms with Gasteiger partial charge in [0, 0.05) is 44.8 Å². The van der Waals surface area contributed by atoms with Crippen molar-refractivity contribution >= 4 is 5.91 Å². The standard InChI is InChI=1S/C18H22N4O4/c1-21-11-14(15(25-2)10-16(21)23)17(24)22-8-4-13(5-9-22)12-26-18-19-6-3-7-20-18/h3,6-7,10-11,13H,4-5,8-9,12H2,1-2H3. The normalized spacial score (nSPS) is 14.9. The number of aryl methyl sites for hydroxylation is 1. The number of amides is 1. The van der Waals surface area contributed by atoms with Crippen molar-refractivity contribution in [3.8, 4) is 11.8 Å². The lowest BCUT2D eigenvalue weighted by Crippen LogP contribution is -2.40. The van der Waals surface area contributed by atoms with E-state index in [9.17, 15) is 9.59 Å². The topological polar surface area (TPSA) is 86.5 Å². The van der Waals surface area contributed by atoms with Crippen LogP contribution in [0.4, 0.5) is 0 Å². The summed E-state index contributed by atoms with van der Waals surface area (Å²) in [5.41, 5.74) is 0.194. The summed E-state index contributed by atoms with van der Waals surface area (Å²) in [7, 11) is 3.08. The zero-order chi connectivity index (χ0) is 18.5. The second-order valence-corrected chi connectivity index (χ2v) is 6.28. The first-order valence-electron chi connectivity index (χ1n) is 8.52. The first-order chi connectivity index (χ1) is 12.6. The van der Waals surface area contributed by atoms with E-state index in [2.05, 4.69) is 9.97 Å². The fraction of sp³-hybridized carbons (Fsp3) is 0.444. The lowest BCUT2D eigenvalue weighted by molar-refractivity contribution is 0.0653. The van der Waals surface area contributed by atoms with Gasteiger partial charge in [-0.25, -0.2) is 9.97 Å². The van der Waals surface area contributed by atoms with Crippen LogP contribution in [0, 0.1) is 5.92 Å². The largest absolute Gasteiger partial charge is 0.496 e. The number of aromatic nitrogens is 3. The van der Waals surface area contributed by atoms with E-state index in [0.29, 0.717) is 42.9 Å². The summed E-state index contributed by atoms with van der Waals surface area (Å²) in [6.45, 7) is 1.80. The number of ether oxygens (including phenoxy) is 2. The van der Waals surface area contributed by atoms with Gasteiger partial charge in [-0.15, -0.1) is 0 Å². The van der Waals surface area contributed by atoms with E-state index in [4.69, 9.17) is 9.47 Å². The Kier molecular flexibility index (Phi) is 5.50. The molecule has 2 aromatic rings. The number of piperidine rings is 1. The summed E-state index contributed by atoms with van der Waals surface area (Å²) >= 11 is 0. The first-order valence-corrected chi connectivity index (χ1v) is 8.52. The molecule has 1 saturated heterocycles. The number of likely N-dealkylation sites (tertiary alicyclic amines) is 1. The van der Waals surface area contributed by atoms with Gasteiger partial charge in [0.15, 0.2) is 0 Å². The third-order valence-corrected chi connectivity index (χ3v) is 4.53. The number of carbonyl (C=O) groups excluding carboxylic acids is 1. The molecule has 1 fully saturated rings. The van der Waals surface area contributed by atoms with Crippen LogP contribution >= 0.6 is 0 Å². The van der Waals surface area contributed by atoms with Gasteiger partial charge in [0.25, 0.3) is 11.5 Å². The number of hydrogen-bond acceptors (Lipinski definition) is 6. The molecule has 0 aromatic carbocycles. The van der Waals surface area contributed by atoms with E-state index in [-0.39, 0.29) is 11.5 Å². The molecule has 0 saturated carbocycles. The average Bonchev–Trinajstić information content (AvgIpc) is 2.68. The van der Waals surface area contributed by atoms with Gasteiger partial charge in [-0.05, 0) is 24.8 Å². The predicted molar refractivity (Wildman–Crippen MR) is 94.4 cm³/mol. The van der Waals surface area contributed by atoms with Crippen LogP contribution in [0.15, 0.2) is 35.5 Å². The van der Waals surface area contributed by atoms with Crippen LogP contribution in [-0.4, -0.2) is 52.1 Å². The van der Waals surface area contributed by atoms with Crippen LogP contribution < -0.4 is 15.0 Å². The van der Waals surface area contributed by atoms with Crippen LogP contribution in [-0.2, 0) is 7.05 Å². The van der Waals surface area contributed by atoms with Crippen molar-refractivity contribution in [3.05, 3.63) is 46.6 Å². The van der Waals surface area contributed by atoms with Gasteiger partial charge in [-0.3, -0.25) is 9.59 Å². The van der Waals surface area contributed by atoms with Crippen LogP contribution in [0.1, 0.15) is 23.2 Å². The Labute approximate surface area is 151 Å². The predicted octanol–water partition coefficient (Wildman–Crippen LogP) is 1.12. The van der Waals surface area contributed by atoms with E-state index in [1.54, 1.807) is 30.4 Å². The molecule has 138 valence electrons. The van der Waals surface area contributed by atoms with Gasteiger partial charge in [0.2, 0.25) is 0 Å². The van der Waals surface area contributed by atoms with E-state index in [1.165, 1.54) is 23.9 Å². The second-order valence-electron chi connectivity index (χ2n) is 6.28. The Balaban J connectivity index is 1.59. The summed E-state index contributed by atoms with van der Waals surface area (Å²) < 4.78 is 12.2. The fourth-order valence-electron chi connectivity index (χ4n) is 2.97. The number of pyridine rings is 1. The molecule has 8 heteroatoms. The highest BCUT2D eigenvalue weighted by Crippen LogP contribution is 2.23. The maximum atomic E-state index is 12.8. The van der Waals surface area contributed by atoms with Crippen molar-refractivity contribution in [2.24, 2.45) is 13.0 Å². The Morgan fingerprint density at radius 1 is 1.27 bits per heavy atom. The molecule has 0 N–H and O–H groups in total. The number of hydrogen-bond donors (Lipinski definition) is 0. The smallest absolute Gasteiger partial charge is 0.316 e. The van der Waals surface area contributed by atoms with Crippen LogP contribution in [0.2, 0.25) is 0 Å². The molecular weight excluding hydrogens is 336 g/mol. The molecule has 1 amide bonds. The Morgan fingerprint density at radius 2 is 1.96 bits per heavy atom. The monoisotopic (exact) mass is 358 g/mol. The zero-order valence-electron chi connectivity index (χ0n) is 14.9. The van der Waals surface area contributed by atoms with Crippen molar-refractivity contribution in [1.29, 1.82) is 0 Å². The third-order valence-electron chi connectivity index (χ3n) is 4.53. The number of nitrogens with zero attached hydrogens (tertiary/aromatic N) is 4. The number of carbonyl (C=O) groups is 1. The Hall–Kier alpha value is -2.90. The molecule has 26 heavy (non-hydrogen) atoms. The summed E-state index contributed by atoms with van der Waals surface area (Å²) in [5.74, 6) is 0.540. The average molecular weight is 358 g/mol. The SMILES string of the molecule is COc1cc(=O)n(C)cc1C(=O)N1CCC(COc2ncccn2)CC1. The lowest BCUT2D eigenvalue weighted by atomic mass is 9.97. The van der Waals surface area contributed by atoms with E-state index < -0.39 is 0 Å². The maximum Gasteiger partial charge on any atom is 0.316 e. The minimum absolute atomic E-state index is 0.122. The summed E-state index contributed by atoms with van der Waals surface area (Å²) in [6, 6.07) is 3.46. The van der Waals surface area contributed by atoms with Gasteiger partial charge < -0.3 is 18.9 Å². The molecule has 3 heterocycles. The zero-order valence-corrected chi connectivity index (χ0v) is 14.9. The number of methoxy groups -OCH3 is 1. The van der Waals surface area contributed by atoms with Crippen molar-refractivity contribution < 1.29 is 14.3 Å². The van der Waals surface area contributed by atoms with Gasteiger partial charge in [-0.1, -0.05) is 0 Å². The van der Waals surface area contributed by atoms with Gasteiger partial charge >= 0.3 is 6.01 Å². The fourth-order valence-corrected chi connectivity index (χ4v) is 2.97. The van der Waals surface area contributed by atoms with Crippen molar-refractivity contribution in [1.82, 2.24) is 19.4 Å². The number of rotatable bonds is 5. The van der Waals surface area contributed by atoms with Crippen molar-refractivity contribution in [2.45, 2.75) is 12.8 Å². The van der Waals surface area contributed by atoms with E-state index in [0.717, 1.165) is 12.8 Å². The second kappa shape index (κ2) is 7.99. The Bertz CT molecular complexity index is 814. The quantitative estimate of drug-likeness (QED) is 0.796. The summed E-state index contributed by atoms with van der Waals surface area (Å²) in [5, 5.41) is 0. The summed E-state index contributed by atoms with van der Waals surface area (Å²) in [4.78, 5) is 34.4. The highest BCUT2D eigenvalue weighted by atomic mass is 16.5. The summed E-state index contributed by atoms with van der Waals surface area (Å²) in [6.07, 6.45) is 6.50. The molecule has 1 aliphatic rings. The third kappa shape index (κ3) is 4.01. The van der Waals surface area contributed by atoms with E-state index in [1.807, 2.05) is 0 Å². The molecule has 0 unspecified atom stereocenters. The van der Waals surface area contributed by atoms with Crippen LogP contribution in [0.3, 0.4) is 0 Å². The minimum Gasteiger partial charge on any atom is -0.496 e. The van der Waals surface area contributed by atoms with Crippen LogP contribution in [0.25, 0.3) is 0 Å². The molecule has 0 spiro atoms. The van der Waals surface area contributed by atoms with Gasteiger partial charge in [0.1, 0.15) is 5.75 Å². The molecule has 0 radical (unpaired) electrons.